The van der Waals surface area contributed by atoms with Crippen LogP contribution in [0.1, 0.15) is 10.4 Å². The quantitative estimate of drug-likeness (QED) is 0.746. The van der Waals surface area contributed by atoms with Crippen LogP contribution in [-0.2, 0) is 10.0 Å². The molecule has 5 nitrogen and oxygen atoms in total. The molecule has 1 heterocycles. The van der Waals surface area contributed by atoms with Crippen molar-refractivity contribution < 1.29 is 13.2 Å². The molecule has 24 heavy (non-hydrogen) atoms. The summed E-state index contributed by atoms with van der Waals surface area (Å²) < 4.78 is 28.1. The molecule has 0 spiro atoms. The first kappa shape index (κ1) is 15.0. The van der Waals surface area contributed by atoms with Gasteiger partial charge in [0.25, 0.3) is 15.9 Å². The summed E-state index contributed by atoms with van der Waals surface area (Å²) in [6.45, 7) is 0. The van der Waals surface area contributed by atoms with Gasteiger partial charge in [0.15, 0.2) is 0 Å². The molecule has 0 radical (unpaired) electrons. The number of carbonyl (C=O) groups is 1. The Kier molecular flexibility index (Phi) is 3.26. The maximum absolute atomic E-state index is 12.8. The second-order valence-electron chi connectivity index (χ2n) is 5.41. The van der Waals surface area contributed by atoms with Crippen LogP contribution in [0.3, 0.4) is 0 Å². The van der Waals surface area contributed by atoms with E-state index in [0.29, 0.717) is 32.7 Å². The molecule has 1 aliphatic rings. The summed E-state index contributed by atoms with van der Waals surface area (Å²) in [5, 5.41) is 4.29. The van der Waals surface area contributed by atoms with Crippen molar-refractivity contribution in [2.75, 3.05) is 10.0 Å². The van der Waals surface area contributed by atoms with Gasteiger partial charge in [-0.15, -0.1) is 0 Å². The van der Waals surface area contributed by atoms with Crippen molar-refractivity contribution in [2.24, 2.45) is 0 Å². The normalized spacial score (nSPS) is 13.1. The lowest BCUT2D eigenvalue weighted by Gasteiger charge is -2.11. The number of hydrogen-bond donors (Lipinski definition) is 2. The third-order valence-corrected chi connectivity index (χ3v) is 5.53. The number of rotatable bonds is 3. The van der Waals surface area contributed by atoms with Crippen molar-refractivity contribution in [3.63, 3.8) is 0 Å². The minimum atomic E-state index is -3.83. The lowest BCUT2D eigenvalue weighted by molar-refractivity contribution is 0.103. The third-order valence-electron chi connectivity index (χ3n) is 3.86. The Balaban J connectivity index is 1.88. The molecule has 3 aromatic rings. The first-order valence-electron chi connectivity index (χ1n) is 7.11. The zero-order valence-corrected chi connectivity index (χ0v) is 13.8. The van der Waals surface area contributed by atoms with Gasteiger partial charge < -0.3 is 5.32 Å². The van der Waals surface area contributed by atoms with Crippen LogP contribution < -0.4 is 10.0 Å². The SMILES string of the molecule is O=C1Nc2ccc(S(=O)(=O)Nc3cccc(Cl)c3)c3cccc1c23. The first-order valence-corrected chi connectivity index (χ1v) is 8.97. The van der Waals surface area contributed by atoms with Gasteiger partial charge in [0.05, 0.1) is 10.6 Å². The van der Waals surface area contributed by atoms with Gasteiger partial charge >= 0.3 is 0 Å². The molecule has 120 valence electrons. The molecule has 0 saturated carbocycles. The van der Waals surface area contributed by atoms with Crippen LogP contribution in [-0.4, -0.2) is 14.3 Å². The number of anilines is 2. The highest BCUT2D eigenvalue weighted by atomic mass is 35.5. The van der Waals surface area contributed by atoms with Crippen molar-refractivity contribution >= 4 is 49.7 Å². The highest BCUT2D eigenvalue weighted by Crippen LogP contribution is 2.37. The fraction of sp³-hybridized carbons (Fsp3) is 0. The second-order valence-corrected chi connectivity index (χ2v) is 7.50. The van der Waals surface area contributed by atoms with E-state index in [1.165, 1.54) is 12.1 Å². The molecule has 7 heteroatoms. The standard InChI is InChI=1S/C17H11ClN2O3S/c18-10-3-1-4-11(9-10)20-24(22,23)15-8-7-14-16-12(15)5-2-6-13(16)17(21)19-14/h1-9,20H,(H,19,21). The number of amides is 1. The van der Waals surface area contributed by atoms with Crippen molar-refractivity contribution in [1.29, 1.82) is 0 Å². The maximum atomic E-state index is 12.8. The molecule has 0 unspecified atom stereocenters. The largest absolute Gasteiger partial charge is 0.321 e. The van der Waals surface area contributed by atoms with Gasteiger partial charge in [-0.1, -0.05) is 29.8 Å². The summed E-state index contributed by atoms with van der Waals surface area (Å²) in [6.07, 6.45) is 0. The van der Waals surface area contributed by atoms with E-state index in [1.54, 1.807) is 42.5 Å². The van der Waals surface area contributed by atoms with Crippen LogP contribution in [0, 0.1) is 0 Å². The number of hydrogen-bond acceptors (Lipinski definition) is 3. The Morgan fingerprint density at radius 1 is 1.00 bits per heavy atom. The summed E-state index contributed by atoms with van der Waals surface area (Å²) in [4.78, 5) is 12.1. The monoisotopic (exact) mass is 358 g/mol. The van der Waals surface area contributed by atoms with Crippen molar-refractivity contribution in [1.82, 2.24) is 0 Å². The molecule has 0 atom stereocenters. The van der Waals surface area contributed by atoms with E-state index in [4.69, 9.17) is 11.6 Å². The van der Waals surface area contributed by atoms with E-state index in [0.717, 1.165) is 0 Å². The third kappa shape index (κ3) is 2.31. The maximum Gasteiger partial charge on any atom is 0.262 e. The highest BCUT2D eigenvalue weighted by molar-refractivity contribution is 7.93. The summed E-state index contributed by atoms with van der Waals surface area (Å²) in [5.74, 6) is -0.229. The lowest BCUT2D eigenvalue weighted by Crippen LogP contribution is -2.13. The average Bonchev–Trinajstić information content (AvgIpc) is 2.85. The molecule has 0 fully saturated rings. The fourth-order valence-electron chi connectivity index (χ4n) is 2.86. The van der Waals surface area contributed by atoms with Gasteiger partial charge in [-0.25, -0.2) is 8.42 Å². The van der Waals surface area contributed by atoms with Gasteiger partial charge in [-0.3, -0.25) is 9.52 Å². The van der Waals surface area contributed by atoms with Crippen LogP contribution in [0.15, 0.2) is 59.5 Å². The van der Waals surface area contributed by atoms with Gasteiger partial charge in [-0.05, 0) is 36.4 Å². The van der Waals surface area contributed by atoms with Crippen LogP contribution in [0.5, 0.6) is 0 Å². The second kappa shape index (κ2) is 5.22. The Morgan fingerprint density at radius 2 is 1.79 bits per heavy atom. The molecule has 4 rings (SSSR count). The van der Waals surface area contributed by atoms with Gasteiger partial charge in [-0.2, -0.15) is 0 Å². The van der Waals surface area contributed by atoms with E-state index >= 15 is 0 Å². The number of carbonyl (C=O) groups excluding carboxylic acids is 1. The minimum absolute atomic E-state index is 0.111. The van der Waals surface area contributed by atoms with Crippen molar-refractivity contribution in [3.05, 3.63) is 65.2 Å². The highest BCUT2D eigenvalue weighted by Gasteiger charge is 2.26. The van der Waals surface area contributed by atoms with Crippen LogP contribution >= 0.6 is 11.6 Å². The molecule has 0 bridgehead atoms. The summed E-state index contributed by atoms with van der Waals surface area (Å²) in [5.41, 5.74) is 1.47. The average molecular weight is 359 g/mol. The predicted molar refractivity (Wildman–Crippen MR) is 94.2 cm³/mol. The fourth-order valence-corrected chi connectivity index (χ4v) is 4.30. The number of nitrogens with one attached hydrogen (secondary N) is 2. The van der Waals surface area contributed by atoms with E-state index in [-0.39, 0.29) is 10.8 Å². The summed E-state index contributed by atoms with van der Waals surface area (Å²) in [7, 11) is -3.83. The summed E-state index contributed by atoms with van der Waals surface area (Å²) in [6, 6.07) is 14.6. The van der Waals surface area contributed by atoms with Gasteiger partial charge in [0, 0.05) is 27.0 Å². The molecule has 0 aromatic heterocycles. The molecular weight excluding hydrogens is 348 g/mol. The Labute approximate surface area is 143 Å². The summed E-state index contributed by atoms with van der Waals surface area (Å²) >= 11 is 5.90. The van der Waals surface area contributed by atoms with Crippen molar-refractivity contribution in [3.8, 4) is 0 Å². The number of halogens is 1. The molecule has 1 aliphatic heterocycles. The number of sulfonamides is 1. The molecule has 0 saturated heterocycles. The van der Waals surface area contributed by atoms with Crippen LogP contribution in [0.25, 0.3) is 10.8 Å². The van der Waals surface area contributed by atoms with Gasteiger partial charge in [0.2, 0.25) is 0 Å². The van der Waals surface area contributed by atoms with E-state index in [1.807, 2.05) is 0 Å². The predicted octanol–water partition coefficient (Wildman–Crippen LogP) is 3.86. The molecule has 0 aliphatic carbocycles. The minimum Gasteiger partial charge on any atom is -0.321 e. The Bertz CT molecular complexity index is 1110. The zero-order valence-electron chi connectivity index (χ0n) is 12.2. The smallest absolute Gasteiger partial charge is 0.262 e. The van der Waals surface area contributed by atoms with Crippen LogP contribution in [0.2, 0.25) is 5.02 Å². The van der Waals surface area contributed by atoms with E-state index in [9.17, 15) is 13.2 Å². The molecule has 3 aromatic carbocycles. The van der Waals surface area contributed by atoms with Crippen LogP contribution in [0.4, 0.5) is 11.4 Å². The lowest BCUT2D eigenvalue weighted by atomic mass is 10.1. The topological polar surface area (TPSA) is 75.3 Å². The van der Waals surface area contributed by atoms with E-state index < -0.39 is 10.0 Å². The molecular formula is C17H11ClN2O3S. The van der Waals surface area contributed by atoms with Crippen molar-refractivity contribution in [2.45, 2.75) is 4.90 Å². The first-order chi connectivity index (χ1) is 11.5. The molecule has 1 amide bonds. The van der Waals surface area contributed by atoms with Gasteiger partial charge in [0.1, 0.15) is 0 Å². The van der Waals surface area contributed by atoms with E-state index in [2.05, 4.69) is 10.0 Å². The Morgan fingerprint density at radius 3 is 2.58 bits per heavy atom. The number of benzene rings is 3. The zero-order chi connectivity index (χ0) is 16.9. The molecule has 2 N–H and O–H groups in total. The Hall–Kier alpha value is -2.57.